The Morgan fingerprint density at radius 1 is 1.05 bits per heavy atom. The second kappa shape index (κ2) is 6.14. The first-order chi connectivity index (χ1) is 8.97. The summed E-state index contributed by atoms with van der Waals surface area (Å²) in [5, 5.41) is 0.966. The van der Waals surface area contributed by atoms with Crippen LogP contribution in [-0.4, -0.2) is 0 Å². The lowest BCUT2D eigenvalue weighted by atomic mass is 10.1. The smallest absolute Gasteiger partial charge is 0.129 e. The summed E-state index contributed by atoms with van der Waals surface area (Å²) in [7, 11) is 0. The molecule has 0 saturated heterocycles. The third kappa shape index (κ3) is 3.63. The highest BCUT2D eigenvalue weighted by Gasteiger charge is 2.07. The van der Waals surface area contributed by atoms with Gasteiger partial charge in [0, 0.05) is 16.6 Å². The van der Waals surface area contributed by atoms with Gasteiger partial charge in [-0.1, -0.05) is 45.2 Å². The zero-order valence-corrected chi connectivity index (χ0v) is 13.3. The fourth-order valence-electron chi connectivity index (χ4n) is 1.62. The van der Waals surface area contributed by atoms with Crippen LogP contribution in [0.5, 0.6) is 11.5 Å². The Bertz CT molecular complexity index is 602. The summed E-state index contributed by atoms with van der Waals surface area (Å²) < 4.78 is 6.63. The fraction of sp³-hybridized carbons (Fsp3) is 0.143. The molecule has 1 atom stereocenters. The zero-order valence-electron chi connectivity index (χ0n) is 10.2. The predicted octanol–water partition coefficient (Wildman–Crippen LogP) is 5.57. The van der Waals surface area contributed by atoms with Gasteiger partial charge in [-0.25, -0.2) is 0 Å². The highest BCUT2D eigenvalue weighted by atomic mass is 79.9. The first-order valence-electron chi connectivity index (χ1n) is 5.65. The summed E-state index contributed by atoms with van der Waals surface area (Å²) in [6, 6.07) is 10.8. The number of benzene rings is 2. The van der Waals surface area contributed by atoms with Crippen molar-refractivity contribution >= 4 is 39.1 Å². The maximum atomic E-state index is 5.94. The minimum atomic E-state index is -0.0339. The number of ether oxygens (including phenoxy) is 1. The zero-order chi connectivity index (χ0) is 14.0. The van der Waals surface area contributed by atoms with Gasteiger partial charge in [-0.2, -0.15) is 0 Å². The van der Waals surface area contributed by atoms with Crippen LogP contribution in [-0.2, 0) is 0 Å². The summed E-state index contributed by atoms with van der Waals surface area (Å²) in [6.07, 6.45) is 0. The van der Waals surface area contributed by atoms with Crippen molar-refractivity contribution in [1.82, 2.24) is 0 Å². The van der Waals surface area contributed by atoms with Crippen LogP contribution in [0.1, 0.15) is 18.5 Å². The van der Waals surface area contributed by atoms with Crippen LogP contribution in [0.4, 0.5) is 0 Å². The maximum Gasteiger partial charge on any atom is 0.129 e. The molecule has 0 saturated carbocycles. The Balaban J connectivity index is 2.24. The minimum absolute atomic E-state index is 0.0339. The van der Waals surface area contributed by atoms with Crippen LogP contribution in [0, 0.1) is 0 Å². The van der Waals surface area contributed by atoms with Crippen molar-refractivity contribution in [2.75, 3.05) is 0 Å². The molecule has 19 heavy (non-hydrogen) atoms. The molecule has 0 heterocycles. The molecule has 100 valence electrons. The molecule has 0 amide bonds. The summed E-state index contributed by atoms with van der Waals surface area (Å²) in [6.45, 7) is 1.93. The molecular weight excluding hydrogens is 349 g/mol. The maximum absolute atomic E-state index is 5.94. The molecule has 0 fully saturated rings. The van der Waals surface area contributed by atoms with Crippen LogP contribution < -0.4 is 10.5 Å². The van der Waals surface area contributed by atoms with E-state index in [0.717, 1.165) is 10.0 Å². The molecule has 0 aromatic heterocycles. The van der Waals surface area contributed by atoms with E-state index in [-0.39, 0.29) is 6.04 Å². The number of nitrogens with two attached hydrogens (primary N) is 1. The minimum Gasteiger partial charge on any atom is -0.457 e. The van der Waals surface area contributed by atoms with E-state index in [1.54, 1.807) is 18.2 Å². The molecule has 0 unspecified atom stereocenters. The van der Waals surface area contributed by atoms with Crippen molar-refractivity contribution in [2.45, 2.75) is 13.0 Å². The second-order valence-corrected chi connectivity index (χ2v) is 5.82. The quantitative estimate of drug-likeness (QED) is 0.776. The predicted molar refractivity (Wildman–Crippen MR) is 83.3 cm³/mol. The standard InChI is InChI=1S/C14H12BrCl2NO/c1-8(18)11-4-2-9(6-12(11)15)19-10-3-5-13(16)14(17)7-10/h2-8H,18H2,1H3/t8-/m0/s1. The summed E-state index contributed by atoms with van der Waals surface area (Å²) in [5.41, 5.74) is 6.88. The molecule has 0 aliphatic carbocycles. The Hall–Kier alpha value is -0.740. The van der Waals surface area contributed by atoms with E-state index in [4.69, 9.17) is 33.7 Å². The lowest BCUT2D eigenvalue weighted by Crippen LogP contribution is -2.05. The van der Waals surface area contributed by atoms with Crippen LogP contribution >= 0.6 is 39.1 Å². The molecule has 0 radical (unpaired) electrons. The van der Waals surface area contributed by atoms with Gasteiger partial charge < -0.3 is 10.5 Å². The molecule has 0 aliphatic heterocycles. The fourth-order valence-corrected chi connectivity index (χ4v) is 2.62. The number of hydrogen-bond donors (Lipinski definition) is 1. The monoisotopic (exact) mass is 359 g/mol. The third-order valence-corrected chi connectivity index (χ3v) is 4.02. The molecule has 2 aromatic rings. The Kier molecular flexibility index (Phi) is 4.74. The first-order valence-corrected chi connectivity index (χ1v) is 7.20. The lowest BCUT2D eigenvalue weighted by Gasteiger charge is -2.11. The molecule has 2 nitrogen and oxygen atoms in total. The van der Waals surface area contributed by atoms with Gasteiger partial charge in [-0.05, 0) is 36.8 Å². The Morgan fingerprint density at radius 2 is 1.68 bits per heavy atom. The van der Waals surface area contributed by atoms with E-state index < -0.39 is 0 Å². The molecule has 0 aliphatic rings. The molecule has 2 aromatic carbocycles. The van der Waals surface area contributed by atoms with Crippen molar-refractivity contribution in [2.24, 2.45) is 5.73 Å². The van der Waals surface area contributed by atoms with Gasteiger partial charge in [0.1, 0.15) is 11.5 Å². The van der Waals surface area contributed by atoms with E-state index in [0.29, 0.717) is 21.5 Å². The van der Waals surface area contributed by atoms with Gasteiger partial charge in [-0.15, -0.1) is 0 Å². The third-order valence-electron chi connectivity index (χ3n) is 2.59. The molecule has 2 N–H and O–H groups in total. The van der Waals surface area contributed by atoms with Crippen molar-refractivity contribution < 1.29 is 4.74 Å². The lowest BCUT2D eigenvalue weighted by molar-refractivity contribution is 0.482. The van der Waals surface area contributed by atoms with Crippen LogP contribution in [0.25, 0.3) is 0 Å². The molecule has 2 rings (SSSR count). The van der Waals surface area contributed by atoms with Crippen molar-refractivity contribution in [1.29, 1.82) is 0 Å². The van der Waals surface area contributed by atoms with Crippen LogP contribution in [0.3, 0.4) is 0 Å². The number of hydrogen-bond acceptors (Lipinski definition) is 2. The Morgan fingerprint density at radius 3 is 2.26 bits per heavy atom. The molecule has 5 heteroatoms. The van der Waals surface area contributed by atoms with Crippen molar-refractivity contribution in [3.05, 3.63) is 56.5 Å². The van der Waals surface area contributed by atoms with E-state index >= 15 is 0 Å². The van der Waals surface area contributed by atoms with Gasteiger partial charge in [0.25, 0.3) is 0 Å². The number of rotatable bonds is 3. The van der Waals surface area contributed by atoms with Gasteiger partial charge in [0.15, 0.2) is 0 Å². The van der Waals surface area contributed by atoms with E-state index in [1.165, 1.54) is 0 Å². The summed E-state index contributed by atoms with van der Waals surface area (Å²) in [4.78, 5) is 0. The second-order valence-electron chi connectivity index (χ2n) is 4.15. The average Bonchev–Trinajstić information content (AvgIpc) is 2.33. The van der Waals surface area contributed by atoms with Gasteiger partial charge >= 0.3 is 0 Å². The first kappa shape index (κ1) is 14.7. The van der Waals surface area contributed by atoms with Crippen LogP contribution in [0.2, 0.25) is 10.0 Å². The molecule has 0 bridgehead atoms. The van der Waals surface area contributed by atoms with Gasteiger partial charge in [0.05, 0.1) is 10.0 Å². The number of halogens is 3. The summed E-state index contributed by atoms with van der Waals surface area (Å²) >= 11 is 15.3. The van der Waals surface area contributed by atoms with Gasteiger partial charge in [-0.3, -0.25) is 0 Å². The largest absolute Gasteiger partial charge is 0.457 e. The molecule has 0 spiro atoms. The normalized spacial score (nSPS) is 12.3. The van der Waals surface area contributed by atoms with E-state index in [2.05, 4.69) is 15.9 Å². The van der Waals surface area contributed by atoms with Crippen LogP contribution in [0.15, 0.2) is 40.9 Å². The highest BCUT2D eigenvalue weighted by Crippen LogP contribution is 2.32. The Labute approximate surface area is 130 Å². The van der Waals surface area contributed by atoms with E-state index in [1.807, 2.05) is 25.1 Å². The summed E-state index contributed by atoms with van der Waals surface area (Å²) in [5.74, 6) is 1.34. The van der Waals surface area contributed by atoms with Crippen molar-refractivity contribution in [3.63, 3.8) is 0 Å². The SMILES string of the molecule is C[C@H](N)c1ccc(Oc2ccc(Cl)c(Cl)c2)cc1Br. The molecular formula is C14H12BrCl2NO. The van der Waals surface area contributed by atoms with Crippen molar-refractivity contribution in [3.8, 4) is 11.5 Å². The van der Waals surface area contributed by atoms with Gasteiger partial charge in [0.2, 0.25) is 0 Å². The topological polar surface area (TPSA) is 35.2 Å². The van der Waals surface area contributed by atoms with E-state index in [9.17, 15) is 0 Å². The average molecular weight is 361 g/mol. The highest BCUT2D eigenvalue weighted by molar-refractivity contribution is 9.10.